The number of thioether (sulfide) groups is 1. The van der Waals surface area contributed by atoms with Gasteiger partial charge in [0.15, 0.2) is 0 Å². The highest BCUT2D eigenvalue weighted by molar-refractivity contribution is 8.02. The number of para-hydroxylation sites is 1. The van der Waals surface area contributed by atoms with Crippen molar-refractivity contribution in [1.29, 1.82) is 0 Å². The number of carbonyl (C=O) groups excluding carboxylic acids is 3. The number of nitrogens with zero attached hydrogens (tertiary/aromatic N) is 2. The minimum absolute atomic E-state index is 0.257. The quantitative estimate of drug-likeness (QED) is 0.441. The number of benzene rings is 2. The van der Waals surface area contributed by atoms with Gasteiger partial charge in [-0.1, -0.05) is 78.4 Å². The Morgan fingerprint density at radius 2 is 1.82 bits per heavy atom. The molecule has 2 aromatic carbocycles. The van der Waals surface area contributed by atoms with Crippen LogP contribution in [-0.4, -0.2) is 69.6 Å². The summed E-state index contributed by atoms with van der Waals surface area (Å²) in [4.78, 5) is 45.5. The molecule has 39 heavy (non-hydrogen) atoms. The Bertz CT molecular complexity index is 1350. The Hall–Kier alpha value is -3.07. The zero-order chi connectivity index (χ0) is 27.1. The molecule has 2 saturated heterocycles. The lowest BCUT2D eigenvalue weighted by atomic mass is 9.78. The van der Waals surface area contributed by atoms with E-state index in [9.17, 15) is 19.5 Å². The van der Waals surface area contributed by atoms with Gasteiger partial charge in [-0.3, -0.25) is 14.4 Å². The Morgan fingerprint density at radius 3 is 2.59 bits per heavy atom. The molecule has 0 aliphatic carbocycles. The minimum atomic E-state index is -1.00. The number of fused-ring (bicyclic) bond motifs is 2. The highest BCUT2D eigenvalue weighted by atomic mass is 35.5. The fourth-order valence-electron chi connectivity index (χ4n) is 6.46. The van der Waals surface area contributed by atoms with E-state index in [-0.39, 0.29) is 36.8 Å². The summed E-state index contributed by atoms with van der Waals surface area (Å²) in [5.41, 5.74) is 1.49. The average Bonchev–Trinajstić information content (AvgIpc) is 3.32. The number of cyclic esters (lactones) is 1. The van der Waals surface area contributed by atoms with Crippen LogP contribution in [0.25, 0.3) is 0 Å². The van der Waals surface area contributed by atoms with Crippen LogP contribution in [-0.2, 0) is 25.5 Å². The van der Waals surface area contributed by atoms with E-state index in [1.807, 2.05) is 60.7 Å². The summed E-state index contributed by atoms with van der Waals surface area (Å²) >= 11 is 8.02. The molecule has 202 valence electrons. The molecule has 2 fully saturated rings. The van der Waals surface area contributed by atoms with Gasteiger partial charge in [0, 0.05) is 11.8 Å². The predicted octanol–water partition coefficient (Wildman–Crippen LogP) is 3.65. The van der Waals surface area contributed by atoms with Crippen molar-refractivity contribution in [1.82, 2.24) is 4.90 Å². The number of aliphatic hydroxyl groups is 1. The molecule has 6 rings (SSSR count). The molecular formula is C30H29ClN2O5S. The lowest BCUT2D eigenvalue weighted by Crippen LogP contribution is -2.57. The lowest BCUT2D eigenvalue weighted by molar-refractivity contribution is -0.153. The van der Waals surface area contributed by atoms with Crippen molar-refractivity contribution >= 4 is 46.8 Å². The van der Waals surface area contributed by atoms with Gasteiger partial charge in [-0.05, 0) is 30.5 Å². The molecule has 2 amide bonds. The molecule has 4 aliphatic rings. The zero-order valence-corrected chi connectivity index (χ0v) is 22.8. The molecule has 4 heterocycles. The van der Waals surface area contributed by atoms with Gasteiger partial charge in [-0.15, -0.1) is 11.8 Å². The standard InChI is InChI=1S/C30H29ClN2O5S/c31-21-11-4-5-12-22(21)32-15-8-14-30-25(24-23(39-30)13-6-7-16-38-29(24)37)27(35)33(26(30)28(32)36)20(18-34)17-19-9-2-1-3-10-19/h1-6,8-14,20,23-26,34H,7,15-18H2/t20-,23-,24+,25+,26?,30+/m1/s1. The minimum Gasteiger partial charge on any atom is -0.465 e. The molecule has 0 radical (unpaired) electrons. The maximum atomic E-state index is 14.6. The van der Waals surface area contributed by atoms with Gasteiger partial charge in [0.05, 0.1) is 46.5 Å². The maximum absolute atomic E-state index is 14.6. The van der Waals surface area contributed by atoms with Gasteiger partial charge in [0.1, 0.15) is 6.04 Å². The number of likely N-dealkylation sites (tertiary alicyclic amines) is 1. The molecule has 1 N–H and O–H groups in total. The monoisotopic (exact) mass is 564 g/mol. The molecule has 1 unspecified atom stereocenters. The number of ether oxygens (including phenoxy) is 1. The third-order valence-corrected chi connectivity index (χ3v) is 10.2. The summed E-state index contributed by atoms with van der Waals surface area (Å²) in [6, 6.07) is 15.1. The fraction of sp³-hybridized carbons (Fsp3) is 0.367. The SMILES string of the molecule is O=C1OCCC=C[C@H]2S[C@]34C=CCN(c5ccccc5Cl)C(=O)C3N([C@@H](CO)Cc3ccccc3)C(=O)[C@@H]4[C@@H]12. The van der Waals surface area contributed by atoms with E-state index in [2.05, 4.69) is 0 Å². The molecule has 9 heteroatoms. The Labute approximate surface area is 236 Å². The second-order valence-electron chi connectivity index (χ2n) is 10.3. The van der Waals surface area contributed by atoms with Crippen molar-refractivity contribution in [3.05, 3.63) is 89.5 Å². The Balaban J connectivity index is 1.49. The molecule has 0 bridgehead atoms. The molecule has 6 atom stereocenters. The van der Waals surface area contributed by atoms with Gasteiger partial charge in [0.2, 0.25) is 5.91 Å². The summed E-state index contributed by atoms with van der Waals surface area (Å²) in [6.45, 7) is 0.201. The number of hydrogen-bond donors (Lipinski definition) is 1. The zero-order valence-electron chi connectivity index (χ0n) is 21.2. The van der Waals surface area contributed by atoms with E-state index < -0.39 is 34.6 Å². The van der Waals surface area contributed by atoms with Crippen LogP contribution in [0.1, 0.15) is 12.0 Å². The van der Waals surface area contributed by atoms with Crippen LogP contribution in [0.4, 0.5) is 5.69 Å². The van der Waals surface area contributed by atoms with Crippen molar-refractivity contribution in [2.45, 2.75) is 34.9 Å². The summed E-state index contributed by atoms with van der Waals surface area (Å²) in [6.07, 6.45) is 8.79. The van der Waals surface area contributed by atoms with Crippen LogP contribution in [0.15, 0.2) is 78.9 Å². The number of anilines is 1. The highest BCUT2D eigenvalue weighted by Crippen LogP contribution is 2.61. The lowest BCUT2D eigenvalue weighted by Gasteiger charge is -2.38. The topological polar surface area (TPSA) is 87.2 Å². The van der Waals surface area contributed by atoms with E-state index in [0.717, 1.165) is 5.56 Å². The van der Waals surface area contributed by atoms with E-state index in [1.54, 1.807) is 28.0 Å². The summed E-state index contributed by atoms with van der Waals surface area (Å²) in [7, 11) is 0. The number of carbonyl (C=O) groups is 3. The predicted molar refractivity (Wildman–Crippen MR) is 150 cm³/mol. The molecule has 1 spiro atoms. The fourth-order valence-corrected chi connectivity index (χ4v) is 8.69. The van der Waals surface area contributed by atoms with E-state index in [1.165, 1.54) is 11.8 Å². The number of esters is 1. The first kappa shape index (κ1) is 26.2. The number of aliphatic hydroxyl groups excluding tert-OH is 1. The second-order valence-corrected chi connectivity index (χ2v) is 12.2. The summed E-state index contributed by atoms with van der Waals surface area (Å²) in [5.74, 6) is -2.53. The van der Waals surface area contributed by atoms with Crippen molar-refractivity contribution in [3.8, 4) is 0 Å². The van der Waals surface area contributed by atoms with Crippen molar-refractivity contribution in [3.63, 3.8) is 0 Å². The smallest absolute Gasteiger partial charge is 0.311 e. The molecule has 4 aliphatic heterocycles. The first-order valence-corrected chi connectivity index (χ1v) is 14.4. The van der Waals surface area contributed by atoms with Crippen molar-refractivity contribution in [2.75, 3.05) is 24.7 Å². The van der Waals surface area contributed by atoms with E-state index in [0.29, 0.717) is 23.6 Å². The first-order chi connectivity index (χ1) is 19.0. The second kappa shape index (κ2) is 10.5. The molecule has 7 nitrogen and oxygen atoms in total. The Kier molecular flexibility index (Phi) is 7.04. The first-order valence-electron chi connectivity index (χ1n) is 13.2. The molecular weight excluding hydrogens is 536 g/mol. The van der Waals surface area contributed by atoms with Gasteiger partial charge in [0.25, 0.3) is 5.91 Å². The van der Waals surface area contributed by atoms with Gasteiger partial charge >= 0.3 is 5.97 Å². The summed E-state index contributed by atoms with van der Waals surface area (Å²) < 4.78 is 4.55. The number of rotatable bonds is 5. The average molecular weight is 565 g/mol. The van der Waals surface area contributed by atoms with Crippen LogP contribution in [0, 0.1) is 11.8 Å². The normalized spacial score (nSPS) is 30.7. The van der Waals surface area contributed by atoms with Gasteiger partial charge < -0.3 is 19.6 Å². The maximum Gasteiger partial charge on any atom is 0.311 e. The highest BCUT2D eigenvalue weighted by Gasteiger charge is 2.71. The number of hydrogen-bond acceptors (Lipinski definition) is 6. The van der Waals surface area contributed by atoms with Gasteiger partial charge in [-0.25, -0.2) is 0 Å². The Morgan fingerprint density at radius 1 is 1.05 bits per heavy atom. The van der Waals surface area contributed by atoms with Crippen LogP contribution in [0.2, 0.25) is 5.02 Å². The van der Waals surface area contributed by atoms with Gasteiger partial charge in [-0.2, -0.15) is 0 Å². The van der Waals surface area contributed by atoms with E-state index in [4.69, 9.17) is 16.3 Å². The molecule has 0 saturated carbocycles. The van der Waals surface area contributed by atoms with Crippen LogP contribution in [0.5, 0.6) is 0 Å². The number of amides is 2. The van der Waals surface area contributed by atoms with Crippen molar-refractivity contribution in [2.24, 2.45) is 11.8 Å². The third-order valence-electron chi connectivity index (χ3n) is 8.12. The van der Waals surface area contributed by atoms with Crippen molar-refractivity contribution < 1.29 is 24.2 Å². The van der Waals surface area contributed by atoms with Crippen LogP contribution < -0.4 is 4.90 Å². The van der Waals surface area contributed by atoms with Crippen LogP contribution in [0.3, 0.4) is 0 Å². The van der Waals surface area contributed by atoms with E-state index >= 15 is 0 Å². The number of halogens is 1. The molecule has 2 aromatic rings. The third kappa shape index (κ3) is 4.29. The van der Waals surface area contributed by atoms with Crippen LogP contribution >= 0.6 is 23.4 Å². The largest absolute Gasteiger partial charge is 0.465 e. The summed E-state index contributed by atoms with van der Waals surface area (Å²) in [5, 5.41) is 10.7. The molecule has 0 aromatic heterocycles.